The van der Waals surface area contributed by atoms with Crippen molar-refractivity contribution in [1.29, 1.82) is 0 Å². The summed E-state index contributed by atoms with van der Waals surface area (Å²) in [7, 11) is 1.41. The Balaban J connectivity index is 2.38. The minimum atomic E-state index is -0.503. The van der Waals surface area contributed by atoms with Crippen LogP contribution in [-0.2, 0) is 0 Å². The minimum absolute atomic E-state index is 0.181. The summed E-state index contributed by atoms with van der Waals surface area (Å²) in [5.74, 6) is -0.274. The van der Waals surface area contributed by atoms with Gasteiger partial charge in [-0.3, -0.25) is 0 Å². The van der Waals surface area contributed by atoms with Gasteiger partial charge in [0.15, 0.2) is 11.6 Å². The average Bonchev–Trinajstić information content (AvgIpc) is 2.36. The highest BCUT2D eigenvalue weighted by molar-refractivity contribution is 6.34. The number of methoxy groups -OCH3 is 1. The summed E-state index contributed by atoms with van der Waals surface area (Å²) in [5, 5.41) is 0.985. The third-order valence-corrected chi connectivity index (χ3v) is 3.22. The molecule has 0 aliphatic heterocycles. The van der Waals surface area contributed by atoms with Crippen molar-refractivity contribution in [2.75, 3.05) is 7.11 Å². The quantitative estimate of drug-likeness (QED) is 0.922. The molecule has 5 heteroatoms. The van der Waals surface area contributed by atoms with Crippen LogP contribution in [0.1, 0.15) is 17.2 Å². The zero-order chi connectivity index (χ0) is 14.0. The van der Waals surface area contributed by atoms with E-state index < -0.39 is 11.9 Å². The molecule has 2 nitrogen and oxygen atoms in total. The van der Waals surface area contributed by atoms with Crippen LogP contribution in [0, 0.1) is 5.82 Å². The standard InChI is InChI=1S/C14H12Cl2FNO/c1-19-13-3-2-8(6-12(13)17)14(18)9-4-10(15)7-11(16)5-9/h2-7,14H,18H2,1H3. The first-order valence-electron chi connectivity index (χ1n) is 5.56. The molecule has 19 heavy (non-hydrogen) atoms. The van der Waals surface area contributed by atoms with Crippen LogP contribution in [0.25, 0.3) is 0 Å². The van der Waals surface area contributed by atoms with E-state index in [0.29, 0.717) is 15.6 Å². The molecule has 0 radical (unpaired) electrons. The molecule has 100 valence electrons. The fourth-order valence-corrected chi connectivity index (χ4v) is 2.37. The Morgan fingerprint density at radius 2 is 1.68 bits per heavy atom. The van der Waals surface area contributed by atoms with E-state index in [0.717, 1.165) is 5.56 Å². The third kappa shape index (κ3) is 3.18. The van der Waals surface area contributed by atoms with Crippen LogP contribution in [-0.4, -0.2) is 7.11 Å². The molecule has 0 saturated heterocycles. The minimum Gasteiger partial charge on any atom is -0.494 e. The average molecular weight is 300 g/mol. The summed E-state index contributed by atoms with van der Waals surface area (Å²) in [5.41, 5.74) is 7.44. The van der Waals surface area contributed by atoms with Gasteiger partial charge in [-0.25, -0.2) is 4.39 Å². The molecule has 1 unspecified atom stereocenters. The monoisotopic (exact) mass is 299 g/mol. The van der Waals surface area contributed by atoms with Gasteiger partial charge in [0.05, 0.1) is 13.2 Å². The molecule has 0 aliphatic carbocycles. The van der Waals surface area contributed by atoms with E-state index in [9.17, 15) is 4.39 Å². The molecule has 0 aliphatic rings. The van der Waals surface area contributed by atoms with Crippen LogP contribution in [0.3, 0.4) is 0 Å². The highest BCUT2D eigenvalue weighted by Crippen LogP contribution is 2.28. The fraction of sp³-hybridized carbons (Fsp3) is 0.143. The van der Waals surface area contributed by atoms with Crippen LogP contribution >= 0.6 is 23.2 Å². The molecule has 0 bridgehead atoms. The van der Waals surface area contributed by atoms with Crippen molar-refractivity contribution in [2.24, 2.45) is 5.73 Å². The van der Waals surface area contributed by atoms with Crippen molar-refractivity contribution in [3.05, 3.63) is 63.4 Å². The summed E-state index contributed by atoms with van der Waals surface area (Å²) in [6, 6.07) is 9.13. The Bertz CT molecular complexity index is 584. The molecule has 2 aromatic carbocycles. The molecule has 2 aromatic rings. The maximum atomic E-state index is 13.7. The zero-order valence-corrected chi connectivity index (χ0v) is 11.7. The van der Waals surface area contributed by atoms with Crippen LogP contribution in [0.2, 0.25) is 10.0 Å². The molecule has 0 amide bonds. The van der Waals surface area contributed by atoms with Gasteiger partial charge in [-0.15, -0.1) is 0 Å². The summed E-state index contributed by atoms with van der Waals surface area (Å²) >= 11 is 11.9. The van der Waals surface area contributed by atoms with Crippen LogP contribution in [0.4, 0.5) is 4.39 Å². The fourth-order valence-electron chi connectivity index (χ4n) is 1.82. The number of hydrogen-bond donors (Lipinski definition) is 1. The lowest BCUT2D eigenvalue weighted by Gasteiger charge is -2.14. The van der Waals surface area contributed by atoms with E-state index in [1.807, 2.05) is 0 Å². The second-order valence-electron chi connectivity index (χ2n) is 4.07. The summed E-state index contributed by atoms with van der Waals surface area (Å²) < 4.78 is 18.5. The van der Waals surface area contributed by atoms with Crippen molar-refractivity contribution >= 4 is 23.2 Å². The Morgan fingerprint density at radius 1 is 1.05 bits per heavy atom. The summed E-state index contributed by atoms with van der Waals surface area (Å²) in [4.78, 5) is 0. The number of rotatable bonds is 3. The Morgan fingerprint density at radius 3 is 2.21 bits per heavy atom. The largest absolute Gasteiger partial charge is 0.494 e. The molecule has 1 atom stereocenters. The second kappa shape index (κ2) is 5.78. The smallest absolute Gasteiger partial charge is 0.165 e. The predicted molar refractivity (Wildman–Crippen MR) is 75.4 cm³/mol. The van der Waals surface area contributed by atoms with Gasteiger partial charge in [-0.05, 0) is 41.5 Å². The highest BCUT2D eigenvalue weighted by Gasteiger charge is 2.13. The van der Waals surface area contributed by atoms with Crippen molar-refractivity contribution in [2.45, 2.75) is 6.04 Å². The molecule has 0 fully saturated rings. The molecule has 2 N–H and O–H groups in total. The van der Waals surface area contributed by atoms with Gasteiger partial charge in [0, 0.05) is 10.0 Å². The summed E-state index contributed by atoms with van der Waals surface area (Å²) in [6.07, 6.45) is 0. The van der Waals surface area contributed by atoms with Crippen molar-refractivity contribution in [3.63, 3.8) is 0 Å². The number of hydrogen-bond acceptors (Lipinski definition) is 2. The van der Waals surface area contributed by atoms with Gasteiger partial charge in [-0.1, -0.05) is 29.3 Å². The normalized spacial score (nSPS) is 12.3. The molecular weight excluding hydrogens is 288 g/mol. The number of halogens is 3. The first-order valence-corrected chi connectivity index (χ1v) is 6.32. The lowest BCUT2D eigenvalue weighted by molar-refractivity contribution is 0.386. The van der Waals surface area contributed by atoms with E-state index >= 15 is 0 Å². The maximum Gasteiger partial charge on any atom is 0.165 e. The van der Waals surface area contributed by atoms with Crippen molar-refractivity contribution in [1.82, 2.24) is 0 Å². The zero-order valence-electron chi connectivity index (χ0n) is 10.2. The van der Waals surface area contributed by atoms with E-state index in [4.69, 9.17) is 33.7 Å². The first-order chi connectivity index (χ1) is 9.01. The highest BCUT2D eigenvalue weighted by atomic mass is 35.5. The molecule has 0 saturated carbocycles. The Hall–Kier alpha value is -1.29. The first kappa shape index (κ1) is 14.1. The molecule has 0 aromatic heterocycles. The Labute approximate surface area is 120 Å². The third-order valence-electron chi connectivity index (χ3n) is 2.78. The van der Waals surface area contributed by atoms with E-state index in [1.165, 1.54) is 19.2 Å². The van der Waals surface area contributed by atoms with Gasteiger partial charge in [0.25, 0.3) is 0 Å². The second-order valence-corrected chi connectivity index (χ2v) is 4.95. The van der Waals surface area contributed by atoms with Gasteiger partial charge >= 0.3 is 0 Å². The van der Waals surface area contributed by atoms with Gasteiger partial charge < -0.3 is 10.5 Å². The van der Waals surface area contributed by atoms with Gasteiger partial charge in [-0.2, -0.15) is 0 Å². The van der Waals surface area contributed by atoms with Gasteiger partial charge in [0.1, 0.15) is 0 Å². The number of nitrogens with two attached hydrogens (primary N) is 1. The SMILES string of the molecule is COc1ccc(C(N)c2cc(Cl)cc(Cl)c2)cc1F. The van der Waals surface area contributed by atoms with E-state index in [1.54, 1.807) is 24.3 Å². The topological polar surface area (TPSA) is 35.2 Å². The van der Waals surface area contributed by atoms with E-state index in [2.05, 4.69) is 0 Å². The lowest BCUT2D eigenvalue weighted by Crippen LogP contribution is -2.12. The van der Waals surface area contributed by atoms with Crippen LogP contribution < -0.4 is 10.5 Å². The van der Waals surface area contributed by atoms with Crippen LogP contribution in [0.5, 0.6) is 5.75 Å². The Kier molecular flexibility index (Phi) is 4.30. The predicted octanol–water partition coefficient (Wildman–Crippen LogP) is 4.19. The molecular formula is C14H12Cl2FNO. The number of ether oxygens (including phenoxy) is 1. The van der Waals surface area contributed by atoms with Gasteiger partial charge in [0.2, 0.25) is 0 Å². The summed E-state index contributed by atoms with van der Waals surface area (Å²) in [6.45, 7) is 0. The van der Waals surface area contributed by atoms with Crippen molar-refractivity contribution < 1.29 is 9.13 Å². The van der Waals surface area contributed by atoms with E-state index in [-0.39, 0.29) is 5.75 Å². The lowest BCUT2D eigenvalue weighted by atomic mass is 9.99. The molecule has 0 heterocycles. The van der Waals surface area contributed by atoms with Crippen molar-refractivity contribution in [3.8, 4) is 5.75 Å². The molecule has 2 rings (SSSR count). The van der Waals surface area contributed by atoms with Crippen LogP contribution in [0.15, 0.2) is 36.4 Å². The molecule has 0 spiro atoms. The number of benzene rings is 2. The maximum absolute atomic E-state index is 13.7.